The lowest BCUT2D eigenvalue weighted by atomic mass is 9.59. The predicted octanol–water partition coefficient (Wildman–Crippen LogP) is 4.00. The molecular weight excluding hydrogens is 423 g/mol. The number of halogens is 2. The minimum absolute atomic E-state index is 0.0850. The van der Waals surface area contributed by atoms with Gasteiger partial charge >= 0.3 is 0 Å². The molecule has 1 fully saturated rings. The van der Waals surface area contributed by atoms with Crippen LogP contribution in [0, 0.1) is 11.2 Å². The zero-order valence-electron chi connectivity index (χ0n) is 18.1. The number of ether oxygens (including phenoxy) is 2. The second-order valence-corrected chi connectivity index (χ2v) is 8.22. The molecule has 0 spiro atoms. The summed E-state index contributed by atoms with van der Waals surface area (Å²) in [5.41, 5.74) is 4.65. The molecule has 2 aromatic rings. The number of hydrogen-bond acceptors (Lipinski definition) is 5. The van der Waals surface area contributed by atoms with E-state index in [-0.39, 0.29) is 29.8 Å². The first-order valence-electron chi connectivity index (χ1n) is 9.74. The van der Waals surface area contributed by atoms with Crippen LogP contribution in [0.3, 0.4) is 0 Å². The van der Waals surface area contributed by atoms with E-state index in [4.69, 9.17) is 25.9 Å². The minimum atomic E-state index is -0.227. The first-order chi connectivity index (χ1) is 14.7. The maximum absolute atomic E-state index is 12.7. The molecule has 0 atom stereocenters. The van der Waals surface area contributed by atoms with E-state index in [0.29, 0.717) is 23.7 Å². The lowest BCUT2D eigenvalue weighted by Gasteiger charge is -2.52. The van der Waals surface area contributed by atoms with Gasteiger partial charge in [-0.25, -0.2) is 4.39 Å². The highest BCUT2D eigenvalue weighted by atomic mass is 35.5. The maximum atomic E-state index is 12.7. The number of hydrogen-bond donors (Lipinski definition) is 2. The Morgan fingerprint density at radius 1 is 1.03 bits per heavy atom. The van der Waals surface area contributed by atoms with Gasteiger partial charge in [0.2, 0.25) is 6.41 Å². The molecule has 1 aliphatic carbocycles. The molecule has 1 aliphatic rings. The third kappa shape index (κ3) is 9.81. The average molecular weight is 453 g/mol. The van der Waals surface area contributed by atoms with Crippen molar-refractivity contribution in [3.8, 4) is 11.5 Å². The highest BCUT2D eigenvalue weighted by Crippen LogP contribution is 2.47. The number of benzene rings is 2. The highest BCUT2D eigenvalue weighted by Gasteiger charge is 2.48. The van der Waals surface area contributed by atoms with Crippen LogP contribution in [0.4, 0.5) is 4.39 Å². The molecule has 0 unspecified atom stereocenters. The van der Waals surface area contributed by atoms with Gasteiger partial charge in [0.1, 0.15) is 23.9 Å². The van der Waals surface area contributed by atoms with Gasteiger partial charge in [0, 0.05) is 16.0 Å². The largest absolute Gasteiger partial charge is 0.493 e. The standard InChI is InChI=1S/C14H20FNO.C8H7ClO2.CH3NO/c1-13(8-14(2,9-13)16-3)10-17-12-6-4-11(15)5-7-12;9-7-1-3-8(4-2-7)11-6-5-10;2-1-3/h4-7,16H,8-10H2,1-3H3;1-5H,6H2;1H,(H2,2,3). The second kappa shape index (κ2) is 12.9. The zero-order chi connectivity index (χ0) is 23.3. The first-order valence-corrected chi connectivity index (χ1v) is 10.1. The summed E-state index contributed by atoms with van der Waals surface area (Å²) in [7, 11) is 2.00. The molecule has 170 valence electrons. The van der Waals surface area contributed by atoms with E-state index >= 15 is 0 Å². The van der Waals surface area contributed by atoms with Crippen molar-refractivity contribution < 1.29 is 23.5 Å². The predicted molar refractivity (Wildman–Crippen MR) is 120 cm³/mol. The van der Waals surface area contributed by atoms with Crippen molar-refractivity contribution in [3.05, 3.63) is 59.4 Å². The molecule has 6 nitrogen and oxygen atoms in total. The van der Waals surface area contributed by atoms with E-state index < -0.39 is 0 Å². The third-order valence-electron chi connectivity index (χ3n) is 4.77. The number of aldehydes is 1. The average Bonchev–Trinajstić information content (AvgIpc) is 2.73. The SMILES string of the molecule is CNC1(C)CC(C)(COc2ccc(F)cc2)C1.NC=O.O=CCOc1ccc(Cl)cc1. The van der Waals surface area contributed by atoms with E-state index in [1.54, 1.807) is 36.4 Å². The molecule has 0 heterocycles. The molecule has 0 saturated heterocycles. The number of carbonyl (C=O) groups excluding carboxylic acids is 2. The van der Waals surface area contributed by atoms with Crippen LogP contribution in [0.15, 0.2) is 48.5 Å². The number of nitrogens with one attached hydrogen (secondary N) is 1. The van der Waals surface area contributed by atoms with Crippen molar-refractivity contribution in [1.29, 1.82) is 0 Å². The van der Waals surface area contributed by atoms with E-state index in [9.17, 15) is 9.18 Å². The minimum Gasteiger partial charge on any atom is -0.493 e. The van der Waals surface area contributed by atoms with Gasteiger partial charge in [-0.15, -0.1) is 0 Å². The van der Waals surface area contributed by atoms with Gasteiger partial charge in [0.15, 0.2) is 6.29 Å². The summed E-state index contributed by atoms with van der Waals surface area (Å²) in [6, 6.07) is 13.1. The van der Waals surface area contributed by atoms with E-state index in [1.807, 2.05) is 7.05 Å². The van der Waals surface area contributed by atoms with Crippen LogP contribution in [-0.4, -0.2) is 38.5 Å². The van der Waals surface area contributed by atoms with Crippen LogP contribution in [0.5, 0.6) is 11.5 Å². The monoisotopic (exact) mass is 452 g/mol. The zero-order valence-corrected chi connectivity index (χ0v) is 18.8. The molecule has 31 heavy (non-hydrogen) atoms. The van der Waals surface area contributed by atoms with Crippen LogP contribution in [0.2, 0.25) is 5.02 Å². The second-order valence-electron chi connectivity index (χ2n) is 7.79. The van der Waals surface area contributed by atoms with Crippen LogP contribution in [-0.2, 0) is 9.59 Å². The molecule has 0 radical (unpaired) electrons. The van der Waals surface area contributed by atoms with Gasteiger partial charge in [-0.05, 0) is 75.3 Å². The lowest BCUT2D eigenvalue weighted by Crippen LogP contribution is -2.58. The molecule has 0 aromatic heterocycles. The third-order valence-corrected chi connectivity index (χ3v) is 5.02. The van der Waals surface area contributed by atoms with Gasteiger partial charge in [0.25, 0.3) is 0 Å². The Kier molecular flexibility index (Phi) is 11.0. The molecule has 1 saturated carbocycles. The fourth-order valence-corrected chi connectivity index (χ4v) is 3.69. The van der Waals surface area contributed by atoms with Crippen molar-refractivity contribution >= 4 is 24.3 Å². The number of rotatable bonds is 7. The lowest BCUT2D eigenvalue weighted by molar-refractivity contribution is -0.109. The summed E-state index contributed by atoms with van der Waals surface area (Å²) in [5.74, 6) is 1.17. The van der Waals surface area contributed by atoms with Crippen molar-refractivity contribution in [2.75, 3.05) is 20.3 Å². The Bertz CT molecular complexity index is 794. The van der Waals surface area contributed by atoms with E-state index in [2.05, 4.69) is 24.9 Å². The summed E-state index contributed by atoms with van der Waals surface area (Å²) in [6.07, 6.45) is 3.17. The van der Waals surface area contributed by atoms with Crippen LogP contribution in [0.1, 0.15) is 26.7 Å². The Morgan fingerprint density at radius 3 is 2.00 bits per heavy atom. The van der Waals surface area contributed by atoms with Crippen LogP contribution < -0.4 is 20.5 Å². The highest BCUT2D eigenvalue weighted by molar-refractivity contribution is 6.30. The molecule has 2 aromatic carbocycles. The molecule has 0 bridgehead atoms. The van der Waals surface area contributed by atoms with Gasteiger partial charge in [-0.1, -0.05) is 18.5 Å². The quantitative estimate of drug-likeness (QED) is 0.619. The van der Waals surface area contributed by atoms with Crippen molar-refractivity contribution in [1.82, 2.24) is 5.32 Å². The number of carbonyl (C=O) groups is 2. The molecule has 3 N–H and O–H groups in total. The Morgan fingerprint density at radius 2 is 1.52 bits per heavy atom. The van der Waals surface area contributed by atoms with Crippen molar-refractivity contribution in [3.63, 3.8) is 0 Å². The Labute approximate surface area is 187 Å². The van der Waals surface area contributed by atoms with E-state index in [0.717, 1.165) is 18.6 Å². The van der Waals surface area contributed by atoms with Crippen LogP contribution in [0.25, 0.3) is 0 Å². The first kappa shape index (κ1) is 26.4. The summed E-state index contributed by atoms with van der Waals surface area (Å²) in [4.78, 5) is 18.5. The van der Waals surface area contributed by atoms with Crippen LogP contribution >= 0.6 is 11.6 Å². The summed E-state index contributed by atoms with van der Waals surface area (Å²) >= 11 is 5.62. The smallest absolute Gasteiger partial charge is 0.204 e. The molecule has 0 aliphatic heterocycles. The van der Waals surface area contributed by atoms with Gasteiger partial charge < -0.3 is 20.5 Å². The molecular formula is C23H30ClFN2O4. The Balaban J connectivity index is 0.000000296. The van der Waals surface area contributed by atoms with E-state index in [1.165, 1.54) is 12.1 Å². The summed E-state index contributed by atoms with van der Waals surface area (Å²) in [6.45, 7) is 5.24. The molecule has 3 rings (SSSR count). The number of nitrogens with two attached hydrogens (primary N) is 1. The molecule has 8 heteroatoms. The van der Waals surface area contributed by atoms with Crippen molar-refractivity contribution in [2.45, 2.75) is 32.2 Å². The van der Waals surface area contributed by atoms with Gasteiger partial charge in [0.05, 0.1) is 6.61 Å². The normalized spacial score (nSPS) is 21.2. The fourth-order valence-electron chi connectivity index (χ4n) is 3.56. The maximum Gasteiger partial charge on any atom is 0.204 e. The van der Waals surface area contributed by atoms with Crippen molar-refractivity contribution in [2.24, 2.45) is 11.1 Å². The van der Waals surface area contributed by atoms with Gasteiger partial charge in [-0.3, -0.25) is 9.59 Å². The number of amides is 1. The topological polar surface area (TPSA) is 90.6 Å². The summed E-state index contributed by atoms with van der Waals surface area (Å²) < 4.78 is 23.4. The fraction of sp³-hybridized carbons (Fsp3) is 0.391. The Hall–Kier alpha value is -2.64. The van der Waals surface area contributed by atoms with Gasteiger partial charge in [-0.2, -0.15) is 0 Å². The molecule has 1 amide bonds. The summed E-state index contributed by atoms with van der Waals surface area (Å²) in [5, 5.41) is 3.99. The number of primary amides is 1.